The molecule has 3 aromatic rings. The average Bonchev–Trinajstić information content (AvgIpc) is 2.93. The third kappa shape index (κ3) is 8.29. The number of benzene rings is 3. The minimum atomic E-state index is -4.02. The first-order valence-corrected chi connectivity index (χ1v) is 15.3. The highest BCUT2D eigenvalue weighted by Gasteiger charge is 2.27. The van der Waals surface area contributed by atoms with Crippen LogP contribution in [0.25, 0.3) is 0 Å². The van der Waals surface area contributed by atoms with E-state index in [1.807, 2.05) is 39.8 Å². The van der Waals surface area contributed by atoms with Gasteiger partial charge in [0, 0.05) is 49.6 Å². The second kappa shape index (κ2) is 12.9. The van der Waals surface area contributed by atoms with Gasteiger partial charge < -0.3 is 20.4 Å². The Morgan fingerprint density at radius 1 is 0.881 bits per heavy atom. The molecule has 0 unspecified atom stereocenters. The predicted molar refractivity (Wildman–Crippen MR) is 162 cm³/mol. The first-order chi connectivity index (χ1) is 19.8. The first-order valence-electron chi connectivity index (χ1n) is 13.8. The van der Waals surface area contributed by atoms with Gasteiger partial charge in [0.15, 0.2) is 0 Å². The fourth-order valence-corrected chi connectivity index (χ4v) is 5.95. The Labute approximate surface area is 247 Å². The van der Waals surface area contributed by atoms with Crippen LogP contribution < -0.4 is 15.5 Å². The number of anilines is 2. The number of amides is 3. The maximum absolute atomic E-state index is 13.5. The van der Waals surface area contributed by atoms with Crippen LogP contribution in [0.3, 0.4) is 0 Å². The number of piperazine rings is 1. The standard InChI is InChI=1S/C31H38FN5O4S/c1-23-5-15-28(16-6-23)42(40,41)37(21-24-7-9-25(32)10-8-24)22-29(38)33-26-11-13-27(14-12-26)35-17-19-36(20-18-35)30(39)34-31(2,3)4/h5-16H,17-22H2,1-4H3,(H,33,38)(H,34,39). The van der Waals surface area contributed by atoms with Crippen molar-refractivity contribution in [3.63, 3.8) is 0 Å². The summed E-state index contributed by atoms with van der Waals surface area (Å²) in [5.41, 5.74) is 2.66. The molecule has 42 heavy (non-hydrogen) atoms. The normalized spacial score (nSPS) is 14.1. The number of aryl methyl sites for hydroxylation is 1. The monoisotopic (exact) mass is 595 g/mol. The number of carbonyl (C=O) groups excluding carboxylic acids is 2. The first kappa shape index (κ1) is 31.0. The van der Waals surface area contributed by atoms with Gasteiger partial charge in [-0.15, -0.1) is 0 Å². The minimum Gasteiger partial charge on any atom is -0.368 e. The molecule has 3 amide bonds. The lowest BCUT2D eigenvalue weighted by atomic mass is 10.1. The van der Waals surface area contributed by atoms with E-state index < -0.39 is 28.3 Å². The van der Waals surface area contributed by atoms with Crippen molar-refractivity contribution in [2.45, 2.75) is 44.7 Å². The zero-order valence-electron chi connectivity index (χ0n) is 24.4. The fourth-order valence-electron chi connectivity index (χ4n) is 4.56. The molecule has 1 heterocycles. The van der Waals surface area contributed by atoms with Crippen LogP contribution in [0.1, 0.15) is 31.9 Å². The van der Waals surface area contributed by atoms with Crippen molar-refractivity contribution >= 4 is 33.3 Å². The van der Waals surface area contributed by atoms with Crippen molar-refractivity contribution in [3.05, 3.63) is 89.7 Å². The van der Waals surface area contributed by atoms with Crippen LogP contribution >= 0.6 is 0 Å². The number of halogens is 1. The van der Waals surface area contributed by atoms with Crippen LogP contribution in [0.2, 0.25) is 0 Å². The molecular formula is C31H38FN5O4S. The van der Waals surface area contributed by atoms with Gasteiger partial charge in [-0.05, 0) is 81.8 Å². The molecule has 224 valence electrons. The molecular weight excluding hydrogens is 557 g/mol. The Kier molecular flexibility index (Phi) is 9.53. The molecule has 11 heteroatoms. The Morgan fingerprint density at radius 3 is 2.05 bits per heavy atom. The lowest BCUT2D eigenvalue weighted by Crippen LogP contribution is -2.55. The summed E-state index contributed by atoms with van der Waals surface area (Å²) < 4.78 is 41.5. The lowest BCUT2D eigenvalue weighted by molar-refractivity contribution is -0.116. The Hall–Kier alpha value is -3.96. The maximum atomic E-state index is 13.5. The van der Waals surface area contributed by atoms with E-state index in [2.05, 4.69) is 15.5 Å². The Balaban J connectivity index is 1.40. The number of hydrogen-bond donors (Lipinski definition) is 2. The van der Waals surface area contributed by atoms with Gasteiger partial charge in [0.05, 0.1) is 11.4 Å². The zero-order chi connectivity index (χ0) is 30.5. The molecule has 0 aliphatic carbocycles. The molecule has 1 aliphatic rings. The van der Waals surface area contributed by atoms with E-state index in [4.69, 9.17) is 0 Å². The summed E-state index contributed by atoms with van der Waals surface area (Å²) in [4.78, 5) is 29.6. The molecule has 0 saturated carbocycles. The second-order valence-corrected chi connectivity index (χ2v) is 13.4. The highest BCUT2D eigenvalue weighted by molar-refractivity contribution is 7.89. The summed E-state index contributed by atoms with van der Waals surface area (Å²) in [5.74, 6) is -0.931. The smallest absolute Gasteiger partial charge is 0.317 e. The highest BCUT2D eigenvalue weighted by atomic mass is 32.2. The van der Waals surface area contributed by atoms with Crippen LogP contribution in [-0.2, 0) is 21.4 Å². The van der Waals surface area contributed by atoms with Crippen LogP contribution in [0, 0.1) is 12.7 Å². The summed E-state index contributed by atoms with van der Waals surface area (Å²) in [5, 5.41) is 5.78. The van der Waals surface area contributed by atoms with E-state index in [0.29, 0.717) is 37.4 Å². The average molecular weight is 596 g/mol. The summed E-state index contributed by atoms with van der Waals surface area (Å²) in [7, 11) is -4.02. The second-order valence-electron chi connectivity index (χ2n) is 11.5. The van der Waals surface area contributed by atoms with E-state index in [0.717, 1.165) is 15.6 Å². The molecule has 0 spiro atoms. The molecule has 0 bridgehead atoms. The molecule has 0 aromatic heterocycles. The van der Waals surface area contributed by atoms with Gasteiger partial charge in [0.2, 0.25) is 15.9 Å². The van der Waals surface area contributed by atoms with E-state index >= 15 is 0 Å². The molecule has 1 fully saturated rings. The van der Waals surface area contributed by atoms with Gasteiger partial charge in [-0.25, -0.2) is 17.6 Å². The fraction of sp³-hybridized carbons (Fsp3) is 0.355. The number of urea groups is 1. The Bertz CT molecular complexity index is 1480. The molecule has 0 atom stereocenters. The largest absolute Gasteiger partial charge is 0.368 e. The van der Waals surface area contributed by atoms with Gasteiger partial charge in [-0.1, -0.05) is 29.8 Å². The van der Waals surface area contributed by atoms with Crippen molar-refractivity contribution in [2.75, 3.05) is 42.9 Å². The number of nitrogens with one attached hydrogen (secondary N) is 2. The quantitative estimate of drug-likeness (QED) is 0.397. The molecule has 0 radical (unpaired) electrons. The summed E-state index contributed by atoms with van der Waals surface area (Å²) in [6, 6.07) is 19.2. The highest BCUT2D eigenvalue weighted by Crippen LogP contribution is 2.22. The van der Waals surface area contributed by atoms with Gasteiger partial charge in [0.25, 0.3) is 0 Å². The van der Waals surface area contributed by atoms with Gasteiger partial charge in [-0.2, -0.15) is 4.31 Å². The van der Waals surface area contributed by atoms with Crippen molar-refractivity contribution in [2.24, 2.45) is 0 Å². The Morgan fingerprint density at radius 2 is 1.48 bits per heavy atom. The minimum absolute atomic E-state index is 0.0712. The van der Waals surface area contributed by atoms with Gasteiger partial charge in [0.1, 0.15) is 5.82 Å². The van der Waals surface area contributed by atoms with Crippen molar-refractivity contribution < 1.29 is 22.4 Å². The zero-order valence-corrected chi connectivity index (χ0v) is 25.2. The summed E-state index contributed by atoms with van der Waals surface area (Å²) >= 11 is 0. The summed E-state index contributed by atoms with van der Waals surface area (Å²) in [6.07, 6.45) is 0. The molecule has 1 aliphatic heterocycles. The molecule has 4 rings (SSSR count). The molecule has 1 saturated heterocycles. The number of rotatable bonds is 8. The molecule has 9 nitrogen and oxygen atoms in total. The van der Waals surface area contributed by atoms with Crippen LogP contribution in [0.5, 0.6) is 0 Å². The number of sulfonamides is 1. The number of nitrogens with zero attached hydrogens (tertiary/aromatic N) is 3. The van der Waals surface area contributed by atoms with Gasteiger partial charge >= 0.3 is 6.03 Å². The molecule has 2 N–H and O–H groups in total. The number of carbonyl (C=O) groups is 2. The van der Waals surface area contributed by atoms with E-state index in [9.17, 15) is 22.4 Å². The van der Waals surface area contributed by atoms with E-state index in [-0.39, 0.29) is 23.0 Å². The van der Waals surface area contributed by atoms with E-state index in [1.54, 1.807) is 29.2 Å². The van der Waals surface area contributed by atoms with E-state index in [1.165, 1.54) is 36.4 Å². The van der Waals surface area contributed by atoms with Crippen molar-refractivity contribution in [1.82, 2.24) is 14.5 Å². The SMILES string of the molecule is Cc1ccc(S(=O)(=O)N(CC(=O)Nc2ccc(N3CCN(C(=O)NC(C)(C)C)CC3)cc2)Cc2ccc(F)cc2)cc1. The lowest BCUT2D eigenvalue weighted by Gasteiger charge is -2.37. The topological polar surface area (TPSA) is 102 Å². The van der Waals surface area contributed by atoms with Crippen molar-refractivity contribution in [3.8, 4) is 0 Å². The maximum Gasteiger partial charge on any atom is 0.317 e. The summed E-state index contributed by atoms with van der Waals surface area (Å²) in [6.45, 7) is 9.75. The third-order valence-corrected chi connectivity index (χ3v) is 8.62. The van der Waals surface area contributed by atoms with Crippen molar-refractivity contribution in [1.29, 1.82) is 0 Å². The van der Waals surface area contributed by atoms with Crippen LogP contribution in [0.4, 0.5) is 20.6 Å². The number of hydrogen-bond acceptors (Lipinski definition) is 5. The predicted octanol–water partition coefficient (Wildman–Crippen LogP) is 4.59. The molecule has 3 aromatic carbocycles. The third-order valence-electron chi connectivity index (χ3n) is 6.82. The van der Waals surface area contributed by atoms with Crippen LogP contribution in [0.15, 0.2) is 77.7 Å². The van der Waals surface area contributed by atoms with Crippen LogP contribution in [-0.4, -0.2) is 67.8 Å². The van der Waals surface area contributed by atoms with Gasteiger partial charge in [-0.3, -0.25) is 4.79 Å².